The van der Waals surface area contributed by atoms with Gasteiger partial charge in [0.15, 0.2) is 0 Å². The molecule has 0 aliphatic carbocycles. The first-order valence-corrected chi connectivity index (χ1v) is 10.1. The number of rotatable bonds is 4. The third-order valence-corrected chi connectivity index (χ3v) is 5.70. The molecule has 0 aliphatic heterocycles. The maximum Gasteiger partial charge on any atom is 0.0491 e. The smallest absolute Gasteiger partial charge is 0.0491 e. The van der Waals surface area contributed by atoms with Crippen molar-refractivity contribution in [2.24, 2.45) is 0 Å². The van der Waals surface area contributed by atoms with Gasteiger partial charge in [-0.2, -0.15) is 0 Å². The van der Waals surface area contributed by atoms with E-state index in [0.717, 1.165) is 6.54 Å². The zero-order chi connectivity index (χ0) is 19.6. The molecular formula is C28H23N. The van der Waals surface area contributed by atoms with Crippen LogP contribution in [0.1, 0.15) is 11.3 Å². The van der Waals surface area contributed by atoms with E-state index >= 15 is 0 Å². The van der Waals surface area contributed by atoms with Crippen LogP contribution in [-0.4, -0.2) is 4.57 Å². The number of benzene rings is 4. The summed E-state index contributed by atoms with van der Waals surface area (Å²) >= 11 is 0. The second-order valence-corrected chi connectivity index (χ2v) is 7.49. The van der Waals surface area contributed by atoms with Gasteiger partial charge in [-0.15, -0.1) is 0 Å². The Morgan fingerprint density at radius 3 is 2.07 bits per heavy atom. The van der Waals surface area contributed by atoms with Gasteiger partial charge >= 0.3 is 0 Å². The maximum atomic E-state index is 2.45. The van der Waals surface area contributed by atoms with E-state index in [9.17, 15) is 0 Å². The zero-order valence-corrected chi connectivity index (χ0v) is 16.5. The molecule has 140 valence electrons. The fourth-order valence-corrected chi connectivity index (χ4v) is 4.20. The molecule has 5 rings (SSSR count). The van der Waals surface area contributed by atoms with Gasteiger partial charge in [-0.05, 0) is 40.5 Å². The molecule has 0 unspecified atom stereocenters. The molecule has 0 radical (unpaired) electrons. The van der Waals surface area contributed by atoms with E-state index < -0.39 is 0 Å². The summed E-state index contributed by atoms with van der Waals surface area (Å²) in [6.07, 6.45) is 0. The van der Waals surface area contributed by atoms with E-state index in [4.69, 9.17) is 0 Å². The minimum atomic E-state index is 0.863. The number of hydrogen-bond acceptors (Lipinski definition) is 0. The SMILES string of the molecule is Cc1c(-c2cccc3ccccc23)cc(-c2ccccc2)n1Cc1ccccc1. The molecule has 29 heavy (non-hydrogen) atoms. The lowest BCUT2D eigenvalue weighted by Crippen LogP contribution is -2.04. The van der Waals surface area contributed by atoms with Gasteiger partial charge in [0.1, 0.15) is 0 Å². The van der Waals surface area contributed by atoms with Crippen molar-refractivity contribution in [3.05, 3.63) is 120 Å². The fraction of sp³-hybridized carbons (Fsp3) is 0.0714. The number of nitrogens with zero attached hydrogens (tertiary/aromatic N) is 1. The van der Waals surface area contributed by atoms with Crippen molar-refractivity contribution in [1.29, 1.82) is 0 Å². The molecular weight excluding hydrogens is 350 g/mol. The molecule has 0 amide bonds. The second-order valence-electron chi connectivity index (χ2n) is 7.49. The molecule has 1 aromatic heterocycles. The molecule has 0 fully saturated rings. The van der Waals surface area contributed by atoms with E-state index in [-0.39, 0.29) is 0 Å². The summed E-state index contributed by atoms with van der Waals surface area (Å²) in [5.41, 5.74) is 7.71. The molecule has 0 aliphatic rings. The Morgan fingerprint density at radius 1 is 0.621 bits per heavy atom. The first kappa shape index (κ1) is 17.5. The van der Waals surface area contributed by atoms with Crippen LogP contribution in [0.15, 0.2) is 109 Å². The Kier molecular flexibility index (Phi) is 4.50. The Hall–Kier alpha value is -3.58. The molecule has 0 saturated carbocycles. The fourth-order valence-electron chi connectivity index (χ4n) is 4.20. The van der Waals surface area contributed by atoms with Crippen LogP contribution in [0.4, 0.5) is 0 Å². The summed E-state index contributed by atoms with van der Waals surface area (Å²) in [5.74, 6) is 0. The highest BCUT2D eigenvalue weighted by molar-refractivity contribution is 5.98. The van der Waals surface area contributed by atoms with Crippen molar-refractivity contribution in [3.8, 4) is 22.4 Å². The molecule has 1 nitrogen and oxygen atoms in total. The minimum Gasteiger partial charge on any atom is -0.340 e. The quantitative estimate of drug-likeness (QED) is 0.311. The number of hydrogen-bond donors (Lipinski definition) is 0. The monoisotopic (exact) mass is 373 g/mol. The van der Waals surface area contributed by atoms with Crippen molar-refractivity contribution in [2.45, 2.75) is 13.5 Å². The molecule has 0 atom stereocenters. The van der Waals surface area contributed by atoms with Crippen LogP contribution >= 0.6 is 0 Å². The lowest BCUT2D eigenvalue weighted by molar-refractivity contribution is 0.785. The predicted octanol–water partition coefficient (Wildman–Crippen LogP) is 7.33. The van der Waals surface area contributed by atoms with Gasteiger partial charge in [-0.1, -0.05) is 103 Å². The Balaban J connectivity index is 1.73. The van der Waals surface area contributed by atoms with E-state index in [1.54, 1.807) is 0 Å². The molecule has 5 aromatic rings. The van der Waals surface area contributed by atoms with Crippen molar-refractivity contribution >= 4 is 10.8 Å². The Labute approximate surface area is 171 Å². The standard InChI is InChI=1S/C28H23N/c1-21-27(26-18-10-16-23-13-8-9-17-25(23)26)19-28(24-14-6-3-7-15-24)29(21)20-22-11-4-2-5-12-22/h2-19H,20H2,1H3. The Bertz CT molecular complexity index is 1260. The third kappa shape index (κ3) is 3.25. The molecule has 0 spiro atoms. The van der Waals surface area contributed by atoms with Crippen molar-refractivity contribution in [3.63, 3.8) is 0 Å². The lowest BCUT2D eigenvalue weighted by atomic mass is 9.98. The number of aromatic nitrogens is 1. The van der Waals surface area contributed by atoms with Crippen molar-refractivity contribution < 1.29 is 0 Å². The molecule has 4 aromatic carbocycles. The molecule has 1 heteroatoms. The largest absolute Gasteiger partial charge is 0.340 e. The van der Waals surface area contributed by atoms with Crippen LogP contribution in [0.2, 0.25) is 0 Å². The molecule has 0 N–H and O–H groups in total. The normalized spacial score (nSPS) is 11.1. The van der Waals surface area contributed by atoms with Gasteiger partial charge in [0.05, 0.1) is 0 Å². The predicted molar refractivity (Wildman–Crippen MR) is 123 cm³/mol. The summed E-state index contributed by atoms with van der Waals surface area (Å²) < 4.78 is 2.45. The van der Waals surface area contributed by atoms with E-state index in [0.29, 0.717) is 0 Å². The van der Waals surface area contributed by atoms with Crippen LogP contribution in [-0.2, 0) is 6.54 Å². The summed E-state index contributed by atoms with van der Waals surface area (Å²) in [4.78, 5) is 0. The van der Waals surface area contributed by atoms with Crippen molar-refractivity contribution in [2.75, 3.05) is 0 Å². The van der Waals surface area contributed by atoms with Gasteiger partial charge in [-0.3, -0.25) is 0 Å². The van der Waals surface area contributed by atoms with E-state index in [2.05, 4.69) is 121 Å². The second kappa shape index (κ2) is 7.44. The average molecular weight is 373 g/mol. The topological polar surface area (TPSA) is 4.93 Å². The highest BCUT2D eigenvalue weighted by Gasteiger charge is 2.16. The van der Waals surface area contributed by atoms with E-state index in [1.807, 2.05) is 0 Å². The summed E-state index contributed by atoms with van der Waals surface area (Å²) in [6.45, 7) is 3.11. The van der Waals surface area contributed by atoms with Gasteiger partial charge in [0.25, 0.3) is 0 Å². The average Bonchev–Trinajstić information content (AvgIpc) is 3.10. The summed E-state index contributed by atoms with van der Waals surface area (Å²) in [6, 6.07) is 39.0. The first-order valence-electron chi connectivity index (χ1n) is 10.1. The summed E-state index contributed by atoms with van der Waals surface area (Å²) in [7, 11) is 0. The highest BCUT2D eigenvalue weighted by atomic mass is 15.0. The van der Waals surface area contributed by atoms with E-state index in [1.165, 1.54) is 44.4 Å². The van der Waals surface area contributed by atoms with Crippen LogP contribution in [0, 0.1) is 6.92 Å². The van der Waals surface area contributed by atoms with Crippen LogP contribution in [0.5, 0.6) is 0 Å². The molecule has 0 saturated heterocycles. The van der Waals surface area contributed by atoms with Gasteiger partial charge in [0.2, 0.25) is 0 Å². The number of fused-ring (bicyclic) bond motifs is 1. The minimum absolute atomic E-state index is 0.863. The van der Waals surface area contributed by atoms with Gasteiger partial charge in [0, 0.05) is 23.5 Å². The molecule has 1 heterocycles. The molecule has 0 bridgehead atoms. The first-order chi connectivity index (χ1) is 14.3. The Morgan fingerprint density at radius 2 is 1.28 bits per heavy atom. The van der Waals surface area contributed by atoms with Gasteiger partial charge in [-0.25, -0.2) is 0 Å². The van der Waals surface area contributed by atoms with Crippen molar-refractivity contribution in [1.82, 2.24) is 4.57 Å². The zero-order valence-electron chi connectivity index (χ0n) is 16.5. The third-order valence-electron chi connectivity index (χ3n) is 5.70. The van der Waals surface area contributed by atoms with Crippen LogP contribution < -0.4 is 0 Å². The van der Waals surface area contributed by atoms with Gasteiger partial charge < -0.3 is 4.57 Å². The van der Waals surface area contributed by atoms with Crippen LogP contribution in [0.3, 0.4) is 0 Å². The van der Waals surface area contributed by atoms with Crippen LogP contribution in [0.25, 0.3) is 33.2 Å². The lowest BCUT2D eigenvalue weighted by Gasteiger charge is -2.13. The summed E-state index contributed by atoms with van der Waals surface area (Å²) in [5, 5.41) is 2.58. The maximum absolute atomic E-state index is 2.45. The highest BCUT2D eigenvalue weighted by Crippen LogP contribution is 2.36.